The number of anilines is 2. The lowest BCUT2D eigenvalue weighted by atomic mass is 10.0. The average Bonchev–Trinajstić information content (AvgIpc) is 3.10. The molecule has 0 bridgehead atoms. The molecular weight excluding hydrogens is 348 g/mol. The third kappa shape index (κ3) is 3.26. The van der Waals surface area contributed by atoms with Crippen LogP contribution in [-0.4, -0.2) is 18.4 Å². The fourth-order valence-corrected chi connectivity index (χ4v) is 3.99. The zero-order chi connectivity index (χ0) is 19.7. The topological polar surface area (TPSA) is 49.4 Å². The monoisotopic (exact) mass is 372 g/mol. The molecule has 0 saturated carbocycles. The molecule has 1 aliphatic heterocycles. The normalized spacial score (nSPS) is 16.6. The third-order valence-electron chi connectivity index (χ3n) is 5.54. The molecule has 3 aromatic carbocycles. The van der Waals surface area contributed by atoms with Gasteiger partial charge in [0.2, 0.25) is 11.8 Å². The number of aryl methyl sites for hydroxylation is 2. The highest BCUT2D eigenvalue weighted by Crippen LogP contribution is 2.32. The van der Waals surface area contributed by atoms with Crippen molar-refractivity contribution in [1.82, 2.24) is 0 Å². The van der Waals surface area contributed by atoms with E-state index in [0.29, 0.717) is 6.54 Å². The molecular formula is C24H24N2O2. The molecule has 1 saturated heterocycles. The SMILES string of the molecule is CCc1cccc(C)c1NC(=O)[C@@H]1CC(=O)N(c2cccc3ccccc23)C1. The maximum Gasteiger partial charge on any atom is 0.229 e. The molecule has 0 spiro atoms. The Morgan fingerprint density at radius 1 is 1.07 bits per heavy atom. The van der Waals surface area contributed by atoms with Crippen LogP contribution in [0, 0.1) is 12.8 Å². The maximum atomic E-state index is 12.9. The summed E-state index contributed by atoms with van der Waals surface area (Å²) in [5, 5.41) is 5.21. The van der Waals surface area contributed by atoms with Crippen molar-refractivity contribution in [3.8, 4) is 0 Å². The molecule has 1 atom stereocenters. The van der Waals surface area contributed by atoms with Crippen molar-refractivity contribution in [3.63, 3.8) is 0 Å². The van der Waals surface area contributed by atoms with Gasteiger partial charge in [0.15, 0.2) is 0 Å². The van der Waals surface area contributed by atoms with Crippen LogP contribution in [0.5, 0.6) is 0 Å². The predicted molar refractivity (Wildman–Crippen MR) is 114 cm³/mol. The summed E-state index contributed by atoms with van der Waals surface area (Å²) >= 11 is 0. The maximum absolute atomic E-state index is 12.9. The number of hydrogen-bond donors (Lipinski definition) is 1. The van der Waals surface area contributed by atoms with Gasteiger partial charge in [-0.05, 0) is 35.9 Å². The highest BCUT2D eigenvalue weighted by atomic mass is 16.2. The molecule has 0 unspecified atom stereocenters. The quantitative estimate of drug-likeness (QED) is 0.721. The average molecular weight is 372 g/mol. The number of hydrogen-bond acceptors (Lipinski definition) is 2. The molecule has 28 heavy (non-hydrogen) atoms. The fraction of sp³-hybridized carbons (Fsp3) is 0.250. The Morgan fingerprint density at radius 3 is 2.64 bits per heavy atom. The number of carbonyl (C=O) groups excluding carboxylic acids is 2. The van der Waals surface area contributed by atoms with E-state index in [1.54, 1.807) is 4.90 Å². The van der Waals surface area contributed by atoms with E-state index in [-0.39, 0.29) is 24.2 Å². The number of para-hydroxylation sites is 1. The summed E-state index contributed by atoms with van der Waals surface area (Å²) in [6.07, 6.45) is 1.09. The van der Waals surface area contributed by atoms with Crippen molar-refractivity contribution in [2.24, 2.45) is 5.92 Å². The molecule has 1 aliphatic rings. The van der Waals surface area contributed by atoms with Gasteiger partial charge in [-0.2, -0.15) is 0 Å². The van der Waals surface area contributed by atoms with Gasteiger partial charge in [0.1, 0.15) is 0 Å². The Balaban J connectivity index is 1.58. The van der Waals surface area contributed by atoms with Gasteiger partial charge in [0.05, 0.1) is 11.6 Å². The second-order valence-corrected chi connectivity index (χ2v) is 7.36. The molecule has 4 heteroatoms. The van der Waals surface area contributed by atoms with Gasteiger partial charge in [-0.1, -0.05) is 61.5 Å². The predicted octanol–water partition coefficient (Wildman–Crippen LogP) is 4.70. The molecule has 4 nitrogen and oxygen atoms in total. The number of nitrogens with one attached hydrogen (secondary N) is 1. The Bertz CT molecular complexity index is 1050. The minimum atomic E-state index is -0.351. The van der Waals surface area contributed by atoms with E-state index in [1.807, 2.05) is 67.6 Å². The number of amides is 2. The Hall–Kier alpha value is -3.14. The Morgan fingerprint density at radius 2 is 1.82 bits per heavy atom. The van der Waals surface area contributed by atoms with E-state index in [0.717, 1.165) is 39.7 Å². The first-order valence-electron chi connectivity index (χ1n) is 9.76. The van der Waals surface area contributed by atoms with Crippen LogP contribution in [0.4, 0.5) is 11.4 Å². The van der Waals surface area contributed by atoms with E-state index in [1.165, 1.54) is 0 Å². The van der Waals surface area contributed by atoms with E-state index in [4.69, 9.17) is 0 Å². The summed E-state index contributed by atoms with van der Waals surface area (Å²) in [4.78, 5) is 27.4. The number of fused-ring (bicyclic) bond motifs is 1. The first kappa shape index (κ1) is 18.2. The second-order valence-electron chi connectivity index (χ2n) is 7.36. The summed E-state index contributed by atoms with van der Waals surface area (Å²) < 4.78 is 0. The van der Waals surface area contributed by atoms with Crippen molar-refractivity contribution in [3.05, 3.63) is 71.8 Å². The lowest BCUT2D eigenvalue weighted by Gasteiger charge is -2.19. The number of benzene rings is 3. The highest BCUT2D eigenvalue weighted by Gasteiger charge is 2.36. The van der Waals surface area contributed by atoms with Gasteiger partial charge >= 0.3 is 0 Å². The van der Waals surface area contributed by atoms with Crippen LogP contribution < -0.4 is 10.2 Å². The molecule has 0 radical (unpaired) electrons. The first-order valence-corrected chi connectivity index (χ1v) is 9.76. The highest BCUT2D eigenvalue weighted by molar-refractivity contribution is 6.08. The minimum Gasteiger partial charge on any atom is -0.325 e. The number of nitrogens with zero attached hydrogens (tertiary/aromatic N) is 1. The van der Waals surface area contributed by atoms with Gasteiger partial charge in [-0.3, -0.25) is 9.59 Å². The van der Waals surface area contributed by atoms with Gasteiger partial charge in [-0.15, -0.1) is 0 Å². The smallest absolute Gasteiger partial charge is 0.229 e. The number of rotatable bonds is 4. The molecule has 1 fully saturated rings. The van der Waals surface area contributed by atoms with E-state index >= 15 is 0 Å². The standard InChI is InChI=1S/C24H24N2O2/c1-3-17-10-6-8-16(2)23(17)25-24(28)19-14-22(27)26(15-19)21-13-7-11-18-9-4-5-12-20(18)21/h4-13,19H,3,14-15H2,1-2H3,(H,25,28)/t19-/m1/s1. The van der Waals surface area contributed by atoms with E-state index in [2.05, 4.69) is 12.2 Å². The summed E-state index contributed by atoms with van der Waals surface area (Å²) in [5.41, 5.74) is 3.92. The Kier molecular flexibility index (Phi) is 4.86. The largest absolute Gasteiger partial charge is 0.325 e. The first-order chi connectivity index (χ1) is 13.6. The molecule has 142 valence electrons. The third-order valence-corrected chi connectivity index (χ3v) is 5.54. The van der Waals surface area contributed by atoms with Crippen LogP contribution in [0.15, 0.2) is 60.7 Å². The number of carbonyl (C=O) groups is 2. The van der Waals surface area contributed by atoms with Crippen molar-refractivity contribution in [2.75, 3.05) is 16.8 Å². The van der Waals surface area contributed by atoms with Crippen LogP contribution in [0.25, 0.3) is 10.8 Å². The fourth-order valence-electron chi connectivity index (χ4n) is 3.99. The summed E-state index contributed by atoms with van der Waals surface area (Å²) in [7, 11) is 0. The molecule has 1 N–H and O–H groups in total. The van der Waals surface area contributed by atoms with Crippen molar-refractivity contribution >= 4 is 34.0 Å². The minimum absolute atomic E-state index is 0.00278. The summed E-state index contributed by atoms with van der Waals surface area (Å²) in [5.74, 6) is -0.437. The van der Waals surface area contributed by atoms with Gasteiger partial charge in [0, 0.05) is 24.0 Å². The van der Waals surface area contributed by atoms with Gasteiger partial charge in [-0.25, -0.2) is 0 Å². The van der Waals surface area contributed by atoms with Crippen LogP contribution in [0.1, 0.15) is 24.5 Å². The van der Waals surface area contributed by atoms with Gasteiger partial charge < -0.3 is 10.2 Å². The van der Waals surface area contributed by atoms with E-state index in [9.17, 15) is 9.59 Å². The molecule has 2 amide bonds. The summed E-state index contributed by atoms with van der Waals surface area (Å²) in [6.45, 7) is 4.48. The van der Waals surface area contributed by atoms with Crippen LogP contribution in [0.3, 0.4) is 0 Å². The molecule has 4 rings (SSSR count). The van der Waals surface area contributed by atoms with Crippen LogP contribution >= 0.6 is 0 Å². The summed E-state index contributed by atoms with van der Waals surface area (Å²) in [6, 6.07) is 20.0. The lowest BCUT2D eigenvalue weighted by Crippen LogP contribution is -2.28. The van der Waals surface area contributed by atoms with Crippen molar-refractivity contribution in [2.45, 2.75) is 26.7 Å². The van der Waals surface area contributed by atoms with Crippen molar-refractivity contribution < 1.29 is 9.59 Å². The van der Waals surface area contributed by atoms with Crippen molar-refractivity contribution in [1.29, 1.82) is 0 Å². The van der Waals surface area contributed by atoms with Crippen LogP contribution in [-0.2, 0) is 16.0 Å². The van der Waals surface area contributed by atoms with Gasteiger partial charge in [0.25, 0.3) is 0 Å². The zero-order valence-corrected chi connectivity index (χ0v) is 16.2. The Labute approximate surface area is 165 Å². The molecule has 0 aliphatic carbocycles. The molecule has 3 aromatic rings. The van der Waals surface area contributed by atoms with Crippen LogP contribution in [0.2, 0.25) is 0 Å². The van der Waals surface area contributed by atoms with E-state index < -0.39 is 0 Å². The zero-order valence-electron chi connectivity index (χ0n) is 16.2. The second kappa shape index (κ2) is 7.47. The lowest BCUT2D eigenvalue weighted by molar-refractivity contribution is -0.122. The molecule has 0 aromatic heterocycles. The molecule has 1 heterocycles.